The van der Waals surface area contributed by atoms with Crippen molar-refractivity contribution in [1.82, 2.24) is 10.3 Å². The maximum absolute atomic E-state index is 13.1. The van der Waals surface area contributed by atoms with E-state index in [1.807, 2.05) is 38.1 Å². The molecule has 2 aromatic heterocycles. The molecule has 0 spiro atoms. The molecular formula is C22H23N3O2S. The molecule has 5 nitrogen and oxygen atoms in total. The Hall–Kier alpha value is -2.99. The van der Waals surface area contributed by atoms with Gasteiger partial charge in [0.05, 0.1) is 11.4 Å². The van der Waals surface area contributed by atoms with Crippen LogP contribution in [0.2, 0.25) is 0 Å². The summed E-state index contributed by atoms with van der Waals surface area (Å²) in [6, 6.07) is 7.40. The number of aryl methyl sites for hydroxylation is 1. The molecule has 1 unspecified atom stereocenters. The molecular weight excluding hydrogens is 370 g/mol. The van der Waals surface area contributed by atoms with Crippen LogP contribution in [0.1, 0.15) is 36.6 Å². The molecule has 0 fully saturated rings. The highest BCUT2D eigenvalue weighted by Crippen LogP contribution is 2.30. The van der Waals surface area contributed by atoms with Crippen molar-refractivity contribution in [2.24, 2.45) is 5.73 Å². The summed E-state index contributed by atoms with van der Waals surface area (Å²) >= 11 is 5.34. The molecule has 3 N–H and O–H groups in total. The Morgan fingerprint density at radius 2 is 2.11 bits per heavy atom. The zero-order chi connectivity index (χ0) is 20.4. The smallest absolute Gasteiger partial charge is 0.196 e. The van der Waals surface area contributed by atoms with E-state index >= 15 is 0 Å². The Bertz CT molecular complexity index is 1130. The largest absolute Gasteiger partial charge is 0.455 e. The number of nitrogens with zero attached hydrogens (tertiary/aromatic N) is 1. The van der Waals surface area contributed by atoms with Crippen molar-refractivity contribution < 1.29 is 4.42 Å². The molecule has 0 aliphatic heterocycles. The average molecular weight is 394 g/mol. The molecule has 0 saturated carbocycles. The van der Waals surface area contributed by atoms with Gasteiger partial charge in [0.25, 0.3) is 0 Å². The Balaban J connectivity index is 2.20. The first kappa shape index (κ1) is 19.8. The van der Waals surface area contributed by atoms with Crippen molar-refractivity contribution in [2.45, 2.75) is 33.7 Å². The second-order valence-corrected chi connectivity index (χ2v) is 7.42. The first-order valence-corrected chi connectivity index (χ1v) is 9.41. The SMILES string of the molecule is C/C(N)=C/C(=S)NC(C)c1cc(C)cc2c(=O)c(C)c(-c3cccnc3)oc12. The summed E-state index contributed by atoms with van der Waals surface area (Å²) in [5, 5.41) is 3.80. The molecule has 1 atom stereocenters. The van der Waals surface area contributed by atoms with Gasteiger partial charge >= 0.3 is 0 Å². The van der Waals surface area contributed by atoms with E-state index in [4.69, 9.17) is 22.4 Å². The topological polar surface area (TPSA) is 81.1 Å². The summed E-state index contributed by atoms with van der Waals surface area (Å²) in [5.41, 5.74) is 10.0. The Morgan fingerprint density at radius 1 is 1.36 bits per heavy atom. The van der Waals surface area contributed by atoms with E-state index in [9.17, 15) is 4.79 Å². The number of thiocarbonyl (C=S) groups is 1. The fourth-order valence-corrected chi connectivity index (χ4v) is 3.56. The lowest BCUT2D eigenvalue weighted by molar-refractivity contribution is 0.597. The maximum atomic E-state index is 13.1. The molecule has 0 aliphatic carbocycles. The number of allylic oxidation sites excluding steroid dienone is 1. The van der Waals surface area contributed by atoms with Gasteiger partial charge in [-0.1, -0.05) is 18.3 Å². The van der Waals surface area contributed by atoms with Crippen molar-refractivity contribution in [3.8, 4) is 11.3 Å². The number of hydrogen-bond donors (Lipinski definition) is 2. The van der Waals surface area contributed by atoms with Crippen molar-refractivity contribution >= 4 is 28.2 Å². The molecule has 0 bridgehead atoms. The van der Waals surface area contributed by atoms with Gasteiger partial charge < -0.3 is 15.5 Å². The number of fused-ring (bicyclic) bond motifs is 1. The van der Waals surface area contributed by atoms with Crippen LogP contribution in [0, 0.1) is 13.8 Å². The van der Waals surface area contributed by atoms with Gasteiger partial charge in [0.2, 0.25) is 0 Å². The lowest BCUT2D eigenvalue weighted by atomic mass is 9.99. The summed E-state index contributed by atoms with van der Waals surface area (Å²) in [7, 11) is 0. The maximum Gasteiger partial charge on any atom is 0.196 e. The quantitative estimate of drug-likeness (QED) is 0.508. The van der Waals surface area contributed by atoms with Crippen LogP contribution in [-0.2, 0) is 0 Å². The van der Waals surface area contributed by atoms with E-state index in [1.165, 1.54) is 0 Å². The van der Waals surface area contributed by atoms with Crippen LogP contribution in [0.4, 0.5) is 0 Å². The third-order valence-corrected chi connectivity index (χ3v) is 4.74. The van der Waals surface area contributed by atoms with Gasteiger partial charge in [0.15, 0.2) is 5.43 Å². The van der Waals surface area contributed by atoms with E-state index < -0.39 is 0 Å². The zero-order valence-corrected chi connectivity index (χ0v) is 17.2. The van der Waals surface area contributed by atoms with E-state index in [0.717, 1.165) is 16.7 Å². The summed E-state index contributed by atoms with van der Waals surface area (Å²) < 4.78 is 6.27. The summed E-state index contributed by atoms with van der Waals surface area (Å²) in [4.78, 5) is 17.7. The van der Waals surface area contributed by atoms with E-state index in [0.29, 0.717) is 33.0 Å². The highest BCUT2D eigenvalue weighted by molar-refractivity contribution is 7.80. The predicted octanol–water partition coefficient (Wildman–Crippen LogP) is 4.31. The van der Waals surface area contributed by atoms with E-state index in [2.05, 4.69) is 10.3 Å². The van der Waals surface area contributed by atoms with Crippen molar-refractivity contribution in [1.29, 1.82) is 0 Å². The number of hydrogen-bond acceptors (Lipinski definition) is 5. The minimum atomic E-state index is -0.168. The van der Waals surface area contributed by atoms with Crippen LogP contribution in [0.5, 0.6) is 0 Å². The van der Waals surface area contributed by atoms with Gasteiger partial charge in [-0.3, -0.25) is 9.78 Å². The number of nitrogens with two attached hydrogens (primary N) is 1. The predicted molar refractivity (Wildman–Crippen MR) is 117 cm³/mol. The Morgan fingerprint density at radius 3 is 2.75 bits per heavy atom. The van der Waals surface area contributed by atoms with Gasteiger partial charge in [-0.05, 0) is 57.5 Å². The molecule has 144 valence electrons. The molecule has 3 aromatic rings. The lowest BCUT2D eigenvalue weighted by Crippen LogP contribution is -2.24. The second-order valence-electron chi connectivity index (χ2n) is 6.98. The van der Waals surface area contributed by atoms with Gasteiger partial charge in [0, 0.05) is 34.8 Å². The minimum Gasteiger partial charge on any atom is -0.455 e. The number of benzene rings is 1. The Kier molecular flexibility index (Phi) is 5.61. The molecule has 3 rings (SSSR count). The number of pyridine rings is 1. The number of aromatic nitrogens is 1. The van der Waals surface area contributed by atoms with Crippen LogP contribution in [0.15, 0.2) is 57.6 Å². The average Bonchev–Trinajstić information content (AvgIpc) is 2.64. The molecule has 6 heteroatoms. The van der Waals surface area contributed by atoms with Gasteiger partial charge in [-0.25, -0.2) is 0 Å². The fourth-order valence-electron chi connectivity index (χ4n) is 3.20. The van der Waals surface area contributed by atoms with E-state index in [1.54, 1.807) is 32.3 Å². The first-order chi connectivity index (χ1) is 13.3. The van der Waals surface area contributed by atoms with Gasteiger partial charge in [0.1, 0.15) is 16.3 Å². The summed E-state index contributed by atoms with van der Waals surface area (Å²) in [6.07, 6.45) is 5.08. The summed E-state index contributed by atoms with van der Waals surface area (Å²) in [5.74, 6) is 0.531. The minimum absolute atomic E-state index is 0.0440. The molecule has 1 aromatic carbocycles. The number of nitrogens with one attached hydrogen (secondary N) is 1. The normalized spacial score (nSPS) is 12.8. The third kappa shape index (κ3) is 3.97. The standard InChI is InChI=1S/C22H23N3O2S/c1-12-8-17(15(4)25-19(28)10-13(2)23)22-18(9-12)20(26)14(3)21(27-22)16-6-5-7-24-11-16/h5-11,15H,23H2,1-4H3,(H,25,28)/b13-10-. The molecule has 0 radical (unpaired) electrons. The summed E-state index contributed by atoms with van der Waals surface area (Å²) in [6.45, 7) is 7.50. The molecule has 2 heterocycles. The highest BCUT2D eigenvalue weighted by Gasteiger charge is 2.19. The van der Waals surface area contributed by atoms with Crippen LogP contribution < -0.4 is 16.5 Å². The third-order valence-electron chi connectivity index (χ3n) is 4.50. The van der Waals surface area contributed by atoms with Crippen LogP contribution in [0.3, 0.4) is 0 Å². The van der Waals surface area contributed by atoms with Crippen molar-refractivity contribution in [3.05, 3.63) is 75.3 Å². The Labute approximate surface area is 169 Å². The highest BCUT2D eigenvalue weighted by atomic mass is 32.1. The van der Waals surface area contributed by atoms with Crippen molar-refractivity contribution in [2.75, 3.05) is 0 Å². The first-order valence-electron chi connectivity index (χ1n) is 9.00. The second kappa shape index (κ2) is 7.94. The van der Waals surface area contributed by atoms with Crippen LogP contribution in [0.25, 0.3) is 22.3 Å². The van der Waals surface area contributed by atoms with Gasteiger partial charge in [-0.2, -0.15) is 0 Å². The molecule has 0 saturated heterocycles. The number of rotatable bonds is 4. The fraction of sp³-hybridized carbons (Fsp3) is 0.227. The molecule has 0 amide bonds. The zero-order valence-electron chi connectivity index (χ0n) is 16.4. The van der Waals surface area contributed by atoms with Crippen LogP contribution >= 0.6 is 12.2 Å². The van der Waals surface area contributed by atoms with E-state index in [-0.39, 0.29) is 11.5 Å². The molecule has 0 aliphatic rings. The van der Waals surface area contributed by atoms with Crippen LogP contribution in [-0.4, -0.2) is 9.97 Å². The molecule has 28 heavy (non-hydrogen) atoms. The van der Waals surface area contributed by atoms with Crippen molar-refractivity contribution in [3.63, 3.8) is 0 Å². The lowest BCUT2D eigenvalue weighted by Gasteiger charge is -2.18. The monoisotopic (exact) mass is 393 g/mol. The van der Waals surface area contributed by atoms with Gasteiger partial charge in [-0.15, -0.1) is 0 Å².